The summed E-state index contributed by atoms with van der Waals surface area (Å²) in [7, 11) is 6.66. The molecule has 372 valence electrons. The molecule has 0 amide bonds. The molecule has 7 heteroatoms. The van der Waals surface area contributed by atoms with Crippen LogP contribution < -0.4 is 13.7 Å². The number of rotatable bonds is 0. The zero-order chi connectivity index (χ0) is 52.5. The standard InChI is InChI=1S/C24H26N3.C22H27N2.C19H27N2/c1-13-14(2)16(4)22-21(15(13)3)26(7)23-18-12-20-17(9-8-10-25-20)11-19(18)24(5,6)27(22)23;1-13-14(2)16(4)21-20(15(13)3)23(7)19-12-17-10-8-9-11-18(17)22(5,6)24(19)21;1-10-11(2)13(4)17-16(12(10)3)20(9)18-14(5)15(6)19(7,8)21(17)18/h8-12H,1-7H3;8-11H,12H2,1-7H3;1-9H3/q3*+1. The van der Waals surface area contributed by atoms with E-state index in [1.807, 2.05) is 12.3 Å². The monoisotopic (exact) mass is 959 g/mol. The van der Waals surface area contributed by atoms with Crippen molar-refractivity contribution < 1.29 is 13.7 Å². The van der Waals surface area contributed by atoms with Gasteiger partial charge in [0.1, 0.15) is 16.6 Å². The number of aromatic nitrogens is 7. The lowest BCUT2D eigenvalue weighted by molar-refractivity contribution is -0.654. The summed E-state index contributed by atoms with van der Waals surface area (Å²) in [6.45, 7) is 45.8. The lowest BCUT2D eigenvalue weighted by atomic mass is 9.84. The molecular formula is C65H80N7+3. The molecule has 9 aromatic rings. The highest BCUT2D eigenvalue weighted by Gasteiger charge is 2.48. The van der Waals surface area contributed by atoms with Crippen molar-refractivity contribution in [1.29, 1.82) is 0 Å². The number of aryl methyl sites for hydroxylation is 9. The molecule has 4 aromatic heterocycles. The topological polar surface area (TPSA) is 39.3 Å². The second-order valence-electron chi connectivity index (χ2n) is 23.7. The third-order valence-electron chi connectivity index (χ3n) is 19.4. The van der Waals surface area contributed by atoms with Crippen molar-refractivity contribution in [3.05, 3.63) is 155 Å². The molecule has 12 rings (SSSR count). The smallest absolute Gasteiger partial charge is 0.256 e. The molecular weight excluding hydrogens is 879 g/mol. The van der Waals surface area contributed by atoms with E-state index < -0.39 is 0 Å². The summed E-state index contributed by atoms with van der Waals surface area (Å²) in [5.74, 6) is 4.06. The van der Waals surface area contributed by atoms with Crippen LogP contribution in [-0.4, -0.2) is 18.7 Å². The van der Waals surface area contributed by atoms with Gasteiger partial charge in [-0.2, -0.15) is 0 Å². The molecule has 0 aliphatic carbocycles. The maximum absolute atomic E-state index is 4.61. The highest BCUT2D eigenvalue weighted by atomic mass is 15.2. The Hall–Kier alpha value is -6.34. The fourth-order valence-corrected chi connectivity index (χ4v) is 13.9. The van der Waals surface area contributed by atoms with Crippen molar-refractivity contribution >= 4 is 49.6 Å². The Morgan fingerprint density at radius 1 is 0.444 bits per heavy atom. The minimum Gasteiger partial charge on any atom is -0.256 e. The van der Waals surface area contributed by atoms with Gasteiger partial charge in [0.05, 0.1) is 38.6 Å². The first-order valence-corrected chi connectivity index (χ1v) is 26.3. The zero-order valence-electron chi connectivity index (χ0n) is 48.0. The van der Waals surface area contributed by atoms with Gasteiger partial charge in [0, 0.05) is 61.7 Å². The number of hydrogen-bond acceptors (Lipinski definition) is 1. The van der Waals surface area contributed by atoms with Crippen LogP contribution in [0.15, 0.2) is 60.3 Å². The average Bonchev–Trinajstić information content (AvgIpc) is 4.06. The van der Waals surface area contributed by atoms with Crippen LogP contribution in [0.25, 0.3) is 61.0 Å². The predicted molar refractivity (Wildman–Crippen MR) is 301 cm³/mol. The fourth-order valence-electron chi connectivity index (χ4n) is 13.9. The Labute approximate surface area is 429 Å². The van der Waals surface area contributed by atoms with Gasteiger partial charge in [-0.05, 0) is 201 Å². The third-order valence-corrected chi connectivity index (χ3v) is 19.4. The van der Waals surface area contributed by atoms with Crippen LogP contribution in [0.4, 0.5) is 0 Å². The van der Waals surface area contributed by atoms with Crippen molar-refractivity contribution in [1.82, 2.24) is 18.7 Å². The van der Waals surface area contributed by atoms with Crippen molar-refractivity contribution in [2.75, 3.05) is 0 Å². The van der Waals surface area contributed by atoms with E-state index in [0.717, 1.165) is 11.9 Å². The molecule has 3 aliphatic rings. The van der Waals surface area contributed by atoms with Crippen LogP contribution in [0.1, 0.15) is 150 Å². The van der Waals surface area contributed by atoms with Gasteiger partial charge in [0.15, 0.2) is 33.1 Å². The van der Waals surface area contributed by atoms with Gasteiger partial charge in [-0.1, -0.05) is 30.3 Å². The molecule has 0 radical (unpaired) electrons. The van der Waals surface area contributed by atoms with E-state index in [-0.39, 0.29) is 16.6 Å². The third kappa shape index (κ3) is 6.27. The summed E-state index contributed by atoms with van der Waals surface area (Å²) in [6.07, 6.45) is 2.88. The molecule has 3 aliphatic heterocycles. The summed E-state index contributed by atoms with van der Waals surface area (Å²) in [5, 5.41) is 1.21. The average molecular weight is 959 g/mol. The van der Waals surface area contributed by atoms with Gasteiger partial charge in [0.25, 0.3) is 17.5 Å². The van der Waals surface area contributed by atoms with Crippen LogP contribution in [-0.2, 0) is 44.2 Å². The van der Waals surface area contributed by atoms with E-state index in [2.05, 4.69) is 234 Å². The molecule has 0 spiro atoms. The summed E-state index contributed by atoms with van der Waals surface area (Å²) < 4.78 is 14.9. The number of allylic oxidation sites excluding steroid dienone is 2. The normalized spacial score (nSPS) is 15.7. The summed E-state index contributed by atoms with van der Waals surface area (Å²) >= 11 is 0. The van der Waals surface area contributed by atoms with E-state index in [1.165, 1.54) is 156 Å². The molecule has 0 saturated carbocycles. The van der Waals surface area contributed by atoms with Gasteiger partial charge >= 0.3 is 0 Å². The molecule has 0 atom stereocenters. The molecule has 0 unspecified atom stereocenters. The zero-order valence-corrected chi connectivity index (χ0v) is 48.0. The van der Waals surface area contributed by atoms with Gasteiger partial charge in [-0.3, -0.25) is 4.98 Å². The maximum atomic E-state index is 4.61. The fraction of sp³-hybridized carbons (Fsp3) is 0.415. The van der Waals surface area contributed by atoms with E-state index >= 15 is 0 Å². The van der Waals surface area contributed by atoms with Crippen molar-refractivity contribution in [3.8, 4) is 11.4 Å². The van der Waals surface area contributed by atoms with Gasteiger partial charge in [-0.15, -0.1) is 0 Å². The van der Waals surface area contributed by atoms with Crippen LogP contribution in [0.2, 0.25) is 0 Å². The minimum atomic E-state index is -0.104. The van der Waals surface area contributed by atoms with Gasteiger partial charge in [-0.25, -0.2) is 27.4 Å². The molecule has 72 heavy (non-hydrogen) atoms. The van der Waals surface area contributed by atoms with Crippen molar-refractivity contribution in [3.63, 3.8) is 0 Å². The second-order valence-corrected chi connectivity index (χ2v) is 23.7. The number of benzene rings is 5. The Bertz CT molecular complexity index is 3920. The summed E-state index contributed by atoms with van der Waals surface area (Å²) in [5.41, 5.74) is 34.7. The molecule has 7 heterocycles. The number of fused-ring (bicyclic) bond motifs is 13. The largest absolute Gasteiger partial charge is 0.290 e. The van der Waals surface area contributed by atoms with E-state index in [0.29, 0.717) is 0 Å². The van der Waals surface area contributed by atoms with E-state index in [4.69, 9.17) is 0 Å². The van der Waals surface area contributed by atoms with E-state index in [9.17, 15) is 0 Å². The Balaban J connectivity index is 0.000000125. The first-order valence-electron chi connectivity index (χ1n) is 26.3. The number of nitrogens with zero attached hydrogens (tertiary/aromatic N) is 7. The van der Waals surface area contributed by atoms with Crippen molar-refractivity contribution in [2.45, 2.75) is 162 Å². The Morgan fingerprint density at radius 3 is 1.43 bits per heavy atom. The van der Waals surface area contributed by atoms with Crippen LogP contribution in [0, 0.1) is 83.1 Å². The minimum absolute atomic E-state index is 0.0391. The quantitative estimate of drug-likeness (QED) is 0.140. The summed E-state index contributed by atoms with van der Waals surface area (Å²) in [6, 6.07) is 17.7. The first-order chi connectivity index (χ1) is 33.6. The lowest BCUT2D eigenvalue weighted by Gasteiger charge is -2.31. The molecule has 0 N–H and O–H groups in total. The second kappa shape index (κ2) is 16.1. The van der Waals surface area contributed by atoms with Gasteiger partial charge in [0.2, 0.25) is 0 Å². The molecule has 0 fully saturated rings. The highest BCUT2D eigenvalue weighted by molar-refractivity contribution is 5.92. The summed E-state index contributed by atoms with van der Waals surface area (Å²) in [4.78, 5) is 4.61. The Morgan fingerprint density at radius 2 is 0.889 bits per heavy atom. The van der Waals surface area contributed by atoms with Crippen molar-refractivity contribution in [2.24, 2.45) is 21.1 Å². The SMILES string of the molecule is CC1=C(C)C(C)(C)n2c1[n+](C)c1c(C)c(C)c(C)c(C)c12.Cc1c(C)c(C)c2c(c1C)n1c([n+]2C)-c2cc3ncccc3cc2C1(C)C.Cc1c(C)c(C)c2c(c1C)n1c([n+]2C)Cc2ccccc2C1(C)C. The van der Waals surface area contributed by atoms with Gasteiger partial charge < -0.3 is 0 Å². The Kier molecular flexibility index (Phi) is 11.0. The number of hydrogen-bond donors (Lipinski definition) is 0. The molecule has 5 aromatic carbocycles. The van der Waals surface area contributed by atoms with Crippen LogP contribution in [0.3, 0.4) is 0 Å². The maximum Gasteiger partial charge on any atom is 0.290 e. The molecule has 0 saturated heterocycles. The van der Waals surface area contributed by atoms with E-state index in [1.54, 1.807) is 0 Å². The molecule has 7 nitrogen and oxygen atoms in total. The number of pyridine rings is 1. The molecule has 0 bridgehead atoms. The number of imidazole rings is 3. The van der Waals surface area contributed by atoms with Crippen LogP contribution >= 0.6 is 0 Å². The lowest BCUT2D eigenvalue weighted by Crippen LogP contribution is -2.41. The predicted octanol–water partition coefficient (Wildman–Crippen LogP) is 13.6. The highest BCUT2D eigenvalue weighted by Crippen LogP contribution is 2.48. The first kappa shape index (κ1) is 49.2. The van der Waals surface area contributed by atoms with Crippen LogP contribution in [0.5, 0.6) is 0 Å².